The molecular weight excluding hydrogens is 479 g/mol. The van der Waals surface area contributed by atoms with Gasteiger partial charge in [-0.05, 0) is 24.3 Å². The number of anilines is 1. The predicted molar refractivity (Wildman–Crippen MR) is 120 cm³/mol. The Morgan fingerprint density at radius 3 is 2.62 bits per heavy atom. The summed E-state index contributed by atoms with van der Waals surface area (Å²) in [7, 11) is 0. The summed E-state index contributed by atoms with van der Waals surface area (Å²) in [6, 6.07) is 6.04. The Balaban J connectivity index is 1.66. The van der Waals surface area contributed by atoms with Crippen LogP contribution in [0, 0.1) is 0 Å². The van der Waals surface area contributed by atoms with Crippen molar-refractivity contribution in [1.29, 1.82) is 0 Å². The molecule has 164 valence electrons. The lowest BCUT2D eigenvalue weighted by Crippen LogP contribution is -2.41. The second kappa shape index (κ2) is 9.11. The first kappa shape index (κ1) is 22.0. The van der Waals surface area contributed by atoms with Gasteiger partial charge in [-0.25, -0.2) is 4.79 Å². The molecule has 0 atom stereocenters. The smallest absolute Gasteiger partial charge is 0.317 e. The van der Waals surface area contributed by atoms with Gasteiger partial charge >= 0.3 is 11.9 Å². The summed E-state index contributed by atoms with van der Waals surface area (Å²) in [6.45, 7) is 0.828. The molecule has 3 aromatic rings. The minimum Gasteiger partial charge on any atom is -0.317 e. The standard InChI is InChI=1S/C19H15Cl3N8O2/c20-11-5-10(7-24-8-11)17-16(18(31)26-28-23)15-9-29(3-4-30(15)27-17)19(32)25-12-1-2-13(21)14(22)6-12/h1-2,5-8H,3-4,9H2,(H,25,32)(H2,23,26,31). The maximum atomic E-state index is 12.8. The SMILES string of the molecule is NN=NC(=O)c1c(-c2cncc(Cl)c2)nn2c1CN(C(=O)Nc1ccc(Cl)c(Cl)c1)CC2. The Hall–Kier alpha value is -3.21. The summed E-state index contributed by atoms with van der Waals surface area (Å²) in [5.74, 6) is 4.41. The van der Waals surface area contributed by atoms with E-state index in [4.69, 9.17) is 40.6 Å². The number of amides is 3. The Morgan fingerprint density at radius 1 is 1.09 bits per heavy atom. The molecule has 32 heavy (non-hydrogen) atoms. The van der Waals surface area contributed by atoms with Crippen molar-refractivity contribution in [3.8, 4) is 11.3 Å². The molecule has 0 radical (unpaired) electrons. The molecule has 1 aliphatic heterocycles. The number of aromatic nitrogens is 3. The molecule has 2 aromatic heterocycles. The third kappa shape index (κ3) is 4.38. The number of carbonyl (C=O) groups excluding carboxylic acids is 2. The fraction of sp³-hybridized carbons (Fsp3) is 0.158. The summed E-state index contributed by atoms with van der Waals surface area (Å²) < 4.78 is 1.65. The second-order valence-electron chi connectivity index (χ2n) is 6.79. The Bertz CT molecular complexity index is 1240. The molecule has 13 heteroatoms. The number of nitrogens with two attached hydrogens (primary N) is 1. The first-order valence-corrected chi connectivity index (χ1v) is 10.4. The molecule has 3 N–H and O–H groups in total. The fourth-order valence-electron chi connectivity index (χ4n) is 3.34. The van der Waals surface area contributed by atoms with E-state index >= 15 is 0 Å². The van der Waals surface area contributed by atoms with E-state index in [-0.39, 0.29) is 18.1 Å². The Kier molecular flexibility index (Phi) is 6.26. The van der Waals surface area contributed by atoms with Crippen molar-refractivity contribution >= 4 is 52.4 Å². The van der Waals surface area contributed by atoms with E-state index in [2.05, 4.69) is 25.7 Å². The Morgan fingerprint density at radius 2 is 1.91 bits per heavy atom. The zero-order valence-electron chi connectivity index (χ0n) is 16.3. The molecule has 0 saturated carbocycles. The van der Waals surface area contributed by atoms with Crippen LogP contribution in [-0.4, -0.2) is 38.1 Å². The van der Waals surface area contributed by atoms with Gasteiger partial charge in [-0.1, -0.05) is 45.1 Å². The van der Waals surface area contributed by atoms with Crippen LogP contribution in [0.25, 0.3) is 11.3 Å². The number of urea groups is 1. The summed E-state index contributed by atoms with van der Waals surface area (Å²) in [5.41, 5.74) is 2.02. The van der Waals surface area contributed by atoms with Gasteiger partial charge in [0.1, 0.15) is 5.69 Å². The number of rotatable bonds is 3. The molecule has 0 aliphatic carbocycles. The largest absolute Gasteiger partial charge is 0.322 e. The molecule has 0 bridgehead atoms. The maximum absolute atomic E-state index is 12.8. The van der Waals surface area contributed by atoms with Crippen LogP contribution in [0.15, 0.2) is 47.0 Å². The highest BCUT2D eigenvalue weighted by atomic mass is 35.5. The normalized spacial score (nSPS) is 13.3. The second-order valence-corrected chi connectivity index (χ2v) is 8.04. The summed E-state index contributed by atoms with van der Waals surface area (Å²) >= 11 is 18.0. The molecule has 3 amide bonds. The lowest BCUT2D eigenvalue weighted by atomic mass is 10.1. The average molecular weight is 494 g/mol. The summed E-state index contributed by atoms with van der Waals surface area (Å²) in [4.78, 5) is 31.1. The van der Waals surface area contributed by atoms with Crippen LogP contribution in [0.2, 0.25) is 15.1 Å². The molecule has 1 aliphatic rings. The van der Waals surface area contributed by atoms with Crippen molar-refractivity contribution in [2.24, 2.45) is 16.2 Å². The van der Waals surface area contributed by atoms with Gasteiger partial charge in [0.25, 0.3) is 0 Å². The number of carbonyl (C=O) groups is 2. The number of nitrogens with zero attached hydrogens (tertiary/aromatic N) is 6. The number of halogens is 3. The van der Waals surface area contributed by atoms with Gasteiger partial charge in [0.15, 0.2) is 0 Å². The van der Waals surface area contributed by atoms with Crippen LogP contribution >= 0.6 is 34.8 Å². The summed E-state index contributed by atoms with van der Waals surface area (Å²) in [5, 5.41) is 14.9. The van der Waals surface area contributed by atoms with Crippen molar-refractivity contribution in [2.75, 3.05) is 11.9 Å². The van der Waals surface area contributed by atoms with Gasteiger partial charge in [-0.2, -0.15) is 5.10 Å². The third-order valence-corrected chi connectivity index (χ3v) is 5.72. The van der Waals surface area contributed by atoms with E-state index in [1.807, 2.05) is 0 Å². The van der Waals surface area contributed by atoms with E-state index in [1.54, 1.807) is 28.9 Å². The average Bonchev–Trinajstić information content (AvgIpc) is 3.15. The molecule has 3 heterocycles. The van der Waals surface area contributed by atoms with Gasteiger partial charge in [-0.15, -0.1) is 0 Å². The number of benzene rings is 1. The predicted octanol–water partition coefficient (Wildman–Crippen LogP) is 4.42. The van der Waals surface area contributed by atoms with Crippen LogP contribution in [0.5, 0.6) is 0 Å². The van der Waals surface area contributed by atoms with Gasteiger partial charge < -0.3 is 16.1 Å². The minimum atomic E-state index is -0.685. The zero-order valence-corrected chi connectivity index (χ0v) is 18.6. The first-order valence-electron chi connectivity index (χ1n) is 9.24. The van der Waals surface area contributed by atoms with Gasteiger partial charge in [0, 0.05) is 30.2 Å². The van der Waals surface area contributed by atoms with Crippen LogP contribution in [-0.2, 0) is 13.1 Å². The topological polar surface area (TPSA) is 131 Å². The number of hydrogen-bond donors (Lipinski definition) is 2. The van der Waals surface area contributed by atoms with Crippen LogP contribution < -0.4 is 11.2 Å². The highest BCUT2D eigenvalue weighted by Gasteiger charge is 2.31. The highest BCUT2D eigenvalue weighted by molar-refractivity contribution is 6.42. The van der Waals surface area contributed by atoms with Gasteiger partial charge in [0.05, 0.1) is 39.4 Å². The summed E-state index contributed by atoms with van der Waals surface area (Å²) in [6.07, 6.45) is 3.00. The van der Waals surface area contributed by atoms with Gasteiger partial charge in [-0.3, -0.25) is 14.5 Å². The molecule has 0 fully saturated rings. The van der Waals surface area contributed by atoms with Crippen molar-refractivity contribution in [1.82, 2.24) is 19.7 Å². The van der Waals surface area contributed by atoms with Crippen molar-refractivity contribution in [2.45, 2.75) is 13.1 Å². The number of fused-ring (bicyclic) bond motifs is 1. The maximum Gasteiger partial charge on any atom is 0.322 e. The third-order valence-electron chi connectivity index (χ3n) is 4.78. The molecule has 0 spiro atoms. The lowest BCUT2D eigenvalue weighted by Gasteiger charge is -2.28. The van der Waals surface area contributed by atoms with Crippen LogP contribution in [0.4, 0.5) is 10.5 Å². The molecule has 4 rings (SSSR count). The fourth-order valence-corrected chi connectivity index (χ4v) is 3.81. The Labute approximate surface area is 196 Å². The monoisotopic (exact) mass is 492 g/mol. The van der Waals surface area contributed by atoms with E-state index in [1.165, 1.54) is 17.3 Å². The first-order chi connectivity index (χ1) is 15.4. The lowest BCUT2D eigenvalue weighted by molar-refractivity contribution is 0.0991. The van der Waals surface area contributed by atoms with Crippen LogP contribution in [0.1, 0.15) is 16.1 Å². The van der Waals surface area contributed by atoms with E-state index in [9.17, 15) is 9.59 Å². The minimum absolute atomic E-state index is 0.106. The molecular formula is C19H15Cl3N8O2. The van der Waals surface area contributed by atoms with Crippen molar-refractivity contribution in [3.63, 3.8) is 0 Å². The molecule has 0 unspecified atom stereocenters. The van der Waals surface area contributed by atoms with Gasteiger partial charge in [0.2, 0.25) is 0 Å². The molecule has 1 aromatic carbocycles. The molecule has 0 saturated heterocycles. The molecule has 10 nitrogen and oxygen atoms in total. The van der Waals surface area contributed by atoms with E-state index < -0.39 is 5.91 Å². The zero-order chi connectivity index (χ0) is 22.8. The van der Waals surface area contributed by atoms with Crippen molar-refractivity contribution < 1.29 is 9.59 Å². The van der Waals surface area contributed by atoms with Crippen LogP contribution in [0.3, 0.4) is 0 Å². The highest BCUT2D eigenvalue weighted by Crippen LogP contribution is 2.31. The quantitative estimate of drug-likeness (QED) is 0.317. The number of pyridine rings is 1. The number of nitrogens with one attached hydrogen (secondary N) is 1. The van der Waals surface area contributed by atoms with Crippen molar-refractivity contribution in [3.05, 3.63) is 63.0 Å². The van der Waals surface area contributed by atoms with E-state index in [0.717, 1.165) is 0 Å². The van der Waals surface area contributed by atoms with E-state index in [0.29, 0.717) is 50.8 Å². The number of hydrogen-bond acceptors (Lipinski definition) is 5.